The molecular weight excluding hydrogens is 300 g/mol. The minimum atomic E-state index is 0.0685. The van der Waals surface area contributed by atoms with Gasteiger partial charge in [0.1, 0.15) is 5.75 Å². The van der Waals surface area contributed by atoms with Crippen molar-refractivity contribution in [1.82, 2.24) is 20.1 Å². The Morgan fingerprint density at radius 1 is 1.33 bits per heavy atom. The number of halogens is 1. The minimum Gasteiger partial charge on any atom is -0.507 e. The first-order valence-electron chi connectivity index (χ1n) is 5.06. The highest BCUT2D eigenvalue weighted by molar-refractivity contribution is 9.10. The van der Waals surface area contributed by atoms with Crippen LogP contribution in [0.25, 0.3) is 23.1 Å². The zero-order valence-electron chi connectivity index (χ0n) is 8.96. The lowest BCUT2D eigenvalue weighted by Gasteiger charge is -1.98. The molecule has 0 aliphatic heterocycles. The van der Waals surface area contributed by atoms with E-state index in [2.05, 4.69) is 36.0 Å². The summed E-state index contributed by atoms with van der Waals surface area (Å²) < 4.78 is 5.87. The van der Waals surface area contributed by atoms with Crippen LogP contribution in [0.1, 0.15) is 0 Å². The van der Waals surface area contributed by atoms with Crippen LogP contribution in [0.5, 0.6) is 5.75 Å². The third kappa shape index (κ3) is 1.88. The maximum absolute atomic E-state index is 9.80. The number of phenolic OH excluding ortho intramolecular Hbond substituents is 1. The lowest BCUT2D eigenvalue weighted by molar-refractivity contribution is 0.425. The SMILES string of the molecule is Oc1cc(Br)ccc1-c1nc(-c2ncc[nH]2)no1. The zero-order chi connectivity index (χ0) is 12.5. The smallest absolute Gasteiger partial charge is 0.262 e. The summed E-state index contributed by atoms with van der Waals surface area (Å²) in [6, 6.07) is 5.04. The Morgan fingerprint density at radius 2 is 2.22 bits per heavy atom. The molecule has 0 amide bonds. The second-order valence-electron chi connectivity index (χ2n) is 3.52. The molecule has 18 heavy (non-hydrogen) atoms. The number of imidazole rings is 1. The van der Waals surface area contributed by atoms with Crippen molar-refractivity contribution in [3.8, 4) is 28.9 Å². The van der Waals surface area contributed by atoms with Gasteiger partial charge in [0.25, 0.3) is 5.89 Å². The Hall–Kier alpha value is -2.15. The summed E-state index contributed by atoms with van der Waals surface area (Å²) in [5.74, 6) is 1.17. The van der Waals surface area contributed by atoms with Crippen molar-refractivity contribution < 1.29 is 9.63 Å². The van der Waals surface area contributed by atoms with Gasteiger partial charge in [-0.3, -0.25) is 0 Å². The van der Waals surface area contributed by atoms with Crippen LogP contribution in [0.2, 0.25) is 0 Å². The predicted molar refractivity (Wildman–Crippen MR) is 66.7 cm³/mol. The molecule has 1 aromatic carbocycles. The molecular formula is C11H7BrN4O2. The number of aromatic hydroxyl groups is 1. The van der Waals surface area contributed by atoms with E-state index in [1.165, 1.54) is 0 Å². The van der Waals surface area contributed by atoms with E-state index in [-0.39, 0.29) is 11.6 Å². The van der Waals surface area contributed by atoms with Crippen molar-refractivity contribution >= 4 is 15.9 Å². The quantitative estimate of drug-likeness (QED) is 0.760. The van der Waals surface area contributed by atoms with Gasteiger partial charge in [-0.2, -0.15) is 4.98 Å². The van der Waals surface area contributed by atoms with E-state index in [1.807, 2.05) is 0 Å². The summed E-state index contributed by atoms with van der Waals surface area (Å²) in [6.45, 7) is 0. The van der Waals surface area contributed by atoms with Gasteiger partial charge >= 0.3 is 0 Å². The average molecular weight is 307 g/mol. The van der Waals surface area contributed by atoms with Crippen LogP contribution < -0.4 is 0 Å². The topological polar surface area (TPSA) is 87.8 Å². The molecule has 0 unspecified atom stereocenters. The lowest BCUT2D eigenvalue weighted by Crippen LogP contribution is -1.83. The van der Waals surface area contributed by atoms with Crippen LogP contribution in [-0.2, 0) is 0 Å². The van der Waals surface area contributed by atoms with E-state index in [0.717, 1.165) is 4.47 Å². The first kappa shape index (κ1) is 11.0. The molecule has 3 aromatic rings. The largest absolute Gasteiger partial charge is 0.507 e. The number of H-pyrrole nitrogens is 1. The van der Waals surface area contributed by atoms with E-state index in [9.17, 15) is 5.11 Å². The van der Waals surface area contributed by atoms with Crippen LogP contribution in [-0.4, -0.2) is 25.2 Å². The molecule has 0 fully saturated rings. The number of aromatic nitrogens is 4. The Labute approximate surface area is 110 Å². The van der Waals surface area contributed by atoms with Gasteiger partial charge in [-0.15, -0.1) is 0 Å². The van der Waals surface area contributed by atoms with Gasteiger partial charge in [-0.25, -0.2) is 4.98 Å². The van der Waals surface area contributed by atoms with Crippen LogP contribution in [0.15, 0.2) is 39.6 Å². The van der Waals surface area contributed by atoms with Crippen molar-refractivity contribution in [1.29, 1.82) is 0 Å². The van der Waals surface area contributed by atoms with Crippen molar-refractivity contribution in [2.45, 2.75) is 0 Å². The number of hydrogen-bond acceptors (Lipinski definition) is 5. The molecule has 90 valence electrons. The Balaban J connectivity index is 2.03. The maximum atomic E-state index is 9.80. The highest BCUT2D eigenvalue weighted by Crippen LogP contribution is 2.31. The standard InChI is InChI=1S/C11H7BrN4O2/c12-6-1-2-7(8(17)5-6)11-15-10(16-18-11)9-13-3-4-14-9/h1-5,17H,(H,13,14). The highest BCUT2D eigenvalue weighted by Gasteiger charge is 2.15. The summed E-state index contributed by atoms with van der Waals surface area (Å²) in [5, 5.41) is 13.6. The van der Waals surface area contributed by atoms with Crippen molar-refractivity contribution in [2.24, 2.45) is 0 Å². The molecule has 2 N–H and O–H groups in total. The number of nitrogens with zero attached hydrogens (tertiary/aromatic N) is 3. The van der Waals surface area contributed by atoms with E-state index >= 15 is 0 Å². The summed E-state index contributed by atoms with van der Waals surface area (Å²) >= 11 is 3.26. The molecule has 2 aromatic heterocycles. The number of hydrogen-bond donors (Lipinski definition) is 2. The molecule has 2 heterocycles. The minimum absolute atomic E-state index is 0.0685. The summed E-state index contributed by atoms with van der Waals surface area (Å²) in [7, 11) is 0. The molecule has 0 aliphatic carbocycles. The van der Waals surface area contributed by atoms with Gasteiger partial charge in [-0.05, 0) is 18.2 Å². The fourth-order valence-electron chi connectivity index (χ4n) is 1.50. The molecule has 0 saturated carbocycles. The Morgan fingerprint density at radius 3 is 2.94 bits per heavy atom. The monoisotopic (exact) mass is 306 g/mol. The van der Waals surface area contributed by atoms with Crippen molar-refractivity contribution in [3.05, 3.63) is 35.1 Å². The van der Waals surface area contributed by atoms with Gasteiger partial charge in [-0.1, -0.05) is 21.1 Å². The highest BCUT2D eigenvalue weighted by atomic mass is 79.9. The Kier molecular flexibility index (Phi) is 2.60. The summed E-state index contributed by atoms with van der Waals surface area (Å²) in [6.07, 6.45) is 3.27. The van der Waals surface area contributed by atoms with Gasteiger partial charge in [0.2, 0.25) is 5.82 Å². The summed E-state index contributed by atoms with van der Waals surface area (Å²) in [5.41, 5.74) is 0.475. The fourth-order valence-corrected chi connectivity index (χ4v) is 1.85. The van der Waals surface area contributed by atoms with E-state index in [4.69, 9.17) is 4.52 Å². The third-order valence-electron chi connectivity index (χ3n) is 2.33. The Bertz CT molecular complexity index is 678. The molecule has 0 saturated heterocycles. The molecule has 0 spiro atoms. The van der Waals surface area contributed by atoms with E-state index in [1.54, 1.807) is 30.6 Å². The maximum Gasteiger partial charge on any atom is 0.262 e. The van der Waals surface area contributed by atoms with E-state index < -0.39 is 0 Å². The zero-order valence-corrected chi connectivity index (χ0v) is 10.5. The van der Waals surface area contributed by atoms with Gasteiger partial charge < -0.3 is 14.6 Å². The van der Waals surface area contributed by atoms with Gasteiger partial charge in [0.05, 0.1) is 5.56 Å². The molecule has 7 heteroatoms. The normalized spacial score (nSPS) is 10.7. The molecule has 3 rings (SSSR count). The number of benzene rings is 1. The molecule has 0 bridgehead atoms. The van der Waals surface area contributed by atoms with Gasteiger partial charge in [0, 0.05) is 16.9 Å². The number of rotatable bonds is 2. The first-order chi connectivity index (χ1) is 8.74. The van der Waals surface area contributed by atoms with Crippen LogP contribution in [0, 0.1) is 0 Å². The second-order valence-corrected chi connectivity index (χ2v) is 4.44. The molecule has 6 nitrogen and oxygen atoms in total. The fraction of sp³-hybridized carbons (Fsp3) is 0. The lowest BCUT2D eigenvalue weighted by atomic mass is 10.2. The van der Waals surface area contributed by atoms with Crippen LogP contribution >= 0.6 is 15.9 Å². The second kappa shape index (κ2) is 4.26. The van der Waals surface area contributed by atoms with Crippen LogP contribution in [0.3, 0.4) is 0 Å². The van der Waals surface area contributed by atoms with Crippen LogP contribution in [0.4, 0.5) is 0 Å². The molecule has 0 radical (unpaired) electrons. The van der Waals surface area contributed by atoms with Gasteiger partial charge in [0.15, 0.2) is 5.82 Å². The first-order valence-corrected chi connectivity index (χ1v) is 5.85. The van der Waals surface area contributed by atoms with Crippen molar-refractivity contribution in [3.63, 3.8) is 0 Å². The summed E-state index contributed by atoms with van der Waals surface area (Å²) in [4.78, 5) is 11.1. The predicted octanol–water partition coefficient (Wildman–Crippen LogP) is 2.59. The number of nitrogens with one attached hydrogen (secondary N) is 1. The number of aromatic amines is 1. The average Bonchev–Trinajstić information content (AvgIpc) is 2.99. The molecule has 0 atom stereocenters. The molecule has 0 aliphatic rings. The van der Waals surface area contributed by atoms with E-state index in [0.29, 0.717) is 17.2 Å². The number of phenols is 1. The third-order valence-corrected chi connectivity index (χ3v) is 2.82. The van der Waals surface area contributed by atoms with Crippen molar-refractivity contribution in [2.75, 3.05) is 0 Å².